The van der Waals surface area contributed by atoms with E-state index in [0.29, 0.717) is 5.56 Å². The fraction of sp³-hybridized carbons (Fsp3) is 0.300. The van der Waals surface area contributed by atoms with Crippen LogP contribution in [-0.2, 0) is 4.79 Å². The summed E-state index contributed by atoms with van der Waals surface area (Å²) >= 11 is 0. The number of halogens is 1. The maximum absolute atomic E-state index is 13.3. The molecule has 0 unspecified atom stereocenters. The van der Waals surface area contributed by atoms with Crippen molar-refractivity contribution in [3.63, 3.8) is 0 Å². The second kappa shape index (κ2) is 3.06. The van der Waals surface area contributed by atoms with Gasteiger partial charge in [-0.3, -0.25) is 4.79 Å². The number of carbonyl (C=O) groups is 1. The first-order chi connectivity index (χ1) is 6.63. The second-order valence-electron chi connectivity index (χ2n) is 3.44. The van der Waals surface area contributed by atoms with Crippen LogP contribution in [0.1, 0.15) is 11.6 Å². The minimum absolute atomic E-state index is 0.141. The van der Waals surface area contributed by atoms with Gasteiger partial charge >= 0.3 is 0 Å². The molecule has 14 heavy (non-hydrogen) atoms. The Labute approximate surface area is 81.3 Å². The van der Waals surface area contributed by atoms with E-state index in [0.717, 1.165) is 0 Å². The first-order valence-corrected chi connectivity index (χ1v) is 4.39. The van der Waals surface area contributed by atoms with Gasteiger partial charge in [0.1, 0.15) is 11.9 Å². The highest BCUT2D eigenvalue weighted by Gasteiger charge is 2.44. The Balaban J connectivity index is 2.33. The molecule has 3 nitrogen and oxygen atoms in total. The van der Waals surface area contributed by atoms with Crippen molar-refractivity contribution in [2.45, 2.75) is 12.1 Å². The largest absolute Gasteiger partial charge is 0.335 e. The molecule has 0 spiro atoms. The highest BCUT2D eigenvalue weighted by Crippen LogP contribution is 2.32. The molecule has 1 amide bonds. The molecule has 1 aliphatic heterocycles. The average Bonchev–Trinajstić information content (AvgIpc) is 2.21. The average molecular weight is 194 g/mol. The summed E-state index contributed by atoms with van der Waals surface area (Å²) in [5.41, 5.74) is 6.09. The Bertz CT molecular complexity index is 368. The van der Waals surface area contributed by atoms with E-state index in [4.69, 9.17) is 5.73 Å². The molecule has 1 aliphatic rings. The van der Waals surface area contributed by atoms with Crippen LogP contribution in [-0.4, -0.2) is 23.9 Å². The third-order valence-electron chi connectivity index (χ3n) is 2.61. The minimum atomic E-state index is -0.600. The van der Waals surface area contributed by atoms with Gasteiger partial charge in [0.05, 0.1) is 6.04 Å². The topological polar surface area (TPSA) is 46.3 Å². The van der Waals surface area contributed by atoms with Crippen LogP contribution in [0.5, 0.6) is 0 Å². The van der Waals surface area contributed by atoms with Crippen LogP contribution in [0.15, 0.2) is 24.3 Å². The van der Waals surface area contributed by atoms with Crippen LogP contribution in [0.3, 0.4) is 0 Å². The van der Waals surface area contributed by atoms with Gasteiger partial charge in [-0.15, -0.1) is 0 Å². The SMILES string of the molecule is CN1C(=O)[C@H](N)[C@@H]1c1ccccc1F. The third kappa shape index (κ3) is 1.11. The van der Waals surface area contributed by atoms with Gasteiger partial charge in [-0.2, -0.15) is 0 Å². The van der Waals surface area contributed by atoms with Gasteiger partial charge in [0.15, 0.2) is 0 Å². The predicted octanol–water partition coefficient (Wildman–Crippen LogP) is 0.666. The highest BCUT2D eigenvalue weighted by molar-refractivity contribution is 5.89. The Morgan fingerprint density at radius 1 is 1.43 bits per heavy atom. The highest BCUT2D eigenvalue weighted by atomic mass is 19.1. The van der Waals surface area contributed by atoms with Crippen LogP contribution in [0.2, 0.25) is 0 Å². The number of benzene rings is 1. The molecule has 1 aromatic rings. The normalized spacial score (nSPS) is 26.2. The molecule has 1 fully saturated rings. The van der Waals surface area contributed by atoms with Crippen molar-refractivity contribution >= 4 is 5.91 Å². The number of hydrogen-bond acceptors (Lipinski definition) is 2. The lowest BCUT2D eigenvalue weighted by atomic mass is 9.90. The van der Waals surface area contributed by atoms with Crippen LogP contribution >= 0.6 is 0 Å². The van der Waals surface area contributed by atoms with Crippen molar-refractivity contribution in [1.82, 2.24) is 4.90 Å². The molecule has 1 aromatic carbocycles. The number of nitrogens with two attached hydrogens (primary N) is 1. The van der Waals surface area contributed by atoms with Crippen LogP contribution in [0.25, 0.3) is 0 Å². The summed E-state index contributed by atoms with van der Waals surface area (Å²) in [5, 5.41) is 0. The molecule has 74 valence electrons. The zero-order chi connectivity index (χ0) is 10.3. The molecule has 2 atom stereocenters. The standard InChI is InChI=1S/C10H11FN2O/c1-13-9(8(12)10(13)14)6-4-2-3-5-7(6)11/h2-5,8-9H,12H2,1H3/t8-,9+/m1/s1. The number of carbonyl (C=O) groups excluding carboxylic acids is 1. The summed E-state index contributed by atoms with van der Waals surface area (Å²) in [4.78, 5) is 12.6. The number of likely N-dealkylation sites (N-methyl/N-ethyl adjacent to an activating group) is 1. The number of rotatable bonds is 1. The van der Waals surface area contributed by atoms with E-state index in [-0.39, 0.29) is 17.8 Å². The van der Waals surface area contributed by atoms with Gasteiger partial charge in [-0.05, 0) is 6.07 Å². The first kappa shape index (κ1) is 9.15. The summed E-state index contributed by atoms with van der Waals surface area (Å²) in [6, 6.07) is 5.47. The third-order valence-corrected chi connectivity index (χ3v) is 2.61. The molecular formula is C10H11FN2O. The Kier molecular flexibility index (Phi) is 2.00. The van der Waals surface area contributed by atoms with E-state index in [1.54, 1.807) is 25.2 Å². The molecule has 0 bridgehead atoms. The van der Waals surface area contributed by atoms with E-state index in [2.05, 4.69) is 0 Å². The summed E-state index contributed by atoms with van der Waals surface area (Å²) in [5.74, 6) is -0.453. The van der Waals surface area contributed by atoms with Gasteiger partial charge in [0.25, 0.3) is 0 Å². The summed E-state index contributed by atoms with van der Waals surface area (Å²) < 4.78 is 13.3. The van der Waals surface area contributed by atoms with Crippen molar-refractivity contribution in [2.24, 2.45) is 5.73 Å². The maximum atomic E-state index is 13.3. The molecule has 1 saturated heterocycles. The van der Waals surface area contributed by atoms with Crippen molar-refractivity contribution < 1.29 is 9.18 Å². The molecule has 2 rings (SSSR count). The lowest BCUT2D eigenvalue weighted by molar-refractivity contribution is -0.147. The van der Waals surface area contributed by atoms with E-state index in [1.807, 2.05) is 0 Å². The van der Waals surface area contributed by atoms with Crippen LogP contribution in [0, 0.1) is 5.82 Å². The smallest absolute Gasteiger partial charge is 0.242 e. The predicted molar refractivity (Wildman–Crippen MR) is 49.9 cm³/mol. The van der Waals surface area contributed by atoms with Crippen molar-refractivity contribution in [1.29, 1.82) is 0 Å². The van der Waals surface area contributed by atoms with Crippen molar-refractivity contribution in [3.8, 4) is 0 Å². The molecule has 0 aliphatic carbocycles. The monoisotopic (exact) mass is 194 g/mol. The van der Waals surface area contributed by atoms with Crippen molar-refractivity contribution in [2.75, 3.05) is 7.05 Å². The van der Waals surface area contributed by atoms with Crippen LogP contribution < -0.4 is 5.73 Å². The van der Waals surface area contributed by atoms with E-state index in [1.165, 1.54) is 11.0 Å². The Morgan fingerprint density at radius 3 is 2.64 bits per heavy atom. The van der Waals surface area contributed by atoms with Gasteiger partial charge in [-0.1, -0.05) is 18.2 Å². The summed E-state index contributed by atoms with van der Waals surface area (Å²) in [6.45, 7) is 0. The lowest BCUT2D eigenvalue weighted by Gasteiger charge is -2.43. The molecule has 0 aromatic heterocycles. The zero-order valence-corrected chi connectivity index (χ0v) is 7.77. The van der Waals surface area contributed by atoms with Gasteiger partial charge in [0, 0.05) is 12.6 Å². The number of hydrogen-bond donors (Lipinski definition) is 1. The zero-order valence-electron chi connectivity index (χ0n) is 7.77. The Morgan fingerprint density at radius 2 is 2.07 bits per heavy atom. The summed E-state index contributed by atoms with van der Waals surface area (Å²) in [6.07, 6.45) is 0. The first-order valence-electron chi connectivity index (χ1n) is 4.39. The van der Waals surface area contributed by atoms with E-state index < -0.39 is 6.04 Å². The van der Waals surface area contributed by atoms with Crippen molar-refractivity contribution in [3.05, 3.63) is 35.6 Å². The number of amides is 1. The molecule has 2 N–H and O–H groups in total. The minimum Gasteiger partial charge on any atom is -0.335 e. The Hall–Kier alpha value is -1.42. The maximum Gasteiger partial charge on any atom is 0.242 e. The number of β-lactam (4-membered cyclic amide) rings is 1. The van der Waals surface area contributed by atoms with E-state index >= 15 is 0 Å². The fourth-order valence-electron chi connectivity index (χ4n) is 1.78. The van der Waals surface area contributed by atoms with E-state index in [9.17, 15) is 9.18 Å². The molecular weight excluding hydrogens is 183 g/mol. The van der Waals surface area contributed by atoms with Gasteiger partial charge in [-0.25, -0.2) is 4.39 Å². The van der Waals surface area contributed by atoms with Crippen LogP contribution in [0.4, 0.5) is 4.39 Å². The second-order valence-corrected chi connectivity index (χ2v) is 3.44. The van der Waals surface area contributed by atoms with Gasteiger partial charge in [0.2, 0.25) is 5.91 Å². The number of likely N-dealkylation sites (tertiary alicyclic amines) is 1. The molecule has 1 heterocycles. The lowest BCUT2D eigenvalue weighted by Crippen LogP contribution is -2.61. The van der Waals surface area contributed by atoms with Gasteiger partial charge < -0.3 is 10.6 Å². The molecule has 0 radical (unpaired) electrons. The number of nitrogens with zero attached hydrogens (tertiary/aromatic N) is 1. The summed E-state index contributed by atoms with van der Waals surface area (Å²) in [7, 11) is 1.63. The molecule has 4 heteroatoms. The quantitative estimate of drug-likeness (QED) is 0.668. The molecule has 0 saturated carbocycles. The fourth-order valence-corrected chi connectivity index (χ4v) is 1.78.